The molecule has 0 spiro atoms. The topological polar surface area (TPSA) is 31.2 Å². The Balaban J connectivity index is 2.61. The number of carbonyl (C=O) groups is 1. The van der Waals surface area contributed by atoms with Crippen molar-refractivity contribution in [3.8, 4) is 5.75 Å². The summed E-state index contributed by atoms with van der Waals surface area (Å²) in [6.07, 6.45) is 2.70. The average Bonchev–Trinajstić information content (AvgIpc) is 2.56. The molecule has 0 saturated carbocycles. The van der Waals surface area contributed by atoms with Crippen LogP contribution < -0.4 is 4.74 Å². The van der Waals surface area contributed by atoms with Crippen LogP contribution in [0.15, 0.2) is 24.4 Å². The number of hydrogen-bond acceptors (Lipinski definition) is 2. The van der Waals surface area contributed by atoms with Gasteiger partial charge in [0.15, 0.2) is 6.29 Å². The van der Waals surface area contributed by atoms with Gasteiger partial charge in [-0.3, -0.25) is 4.79 Å². The quantitative estimate of drug-likeness (QED) is 0.717. The van der Waals surface area contributed by atoms with E-state index in [2.05, 4.69) is 0 Å². The van der Waals surface area contributed by atoms with Gasteiger partial charge in [0.1, 0.15) is 5.75 Å². The molecule has 1 aromatic heterocycles. The molecule has 1 heterocycles. The van der Waals surface area contributed by atoms with Gasteiger partial charge in [0, 0.05) is 30.3 Å². The lowest BCUT2D eigenvalue weighted by Crippen LogP contribution is -1.91. The van der Waals surface area contributed by atoms with Gasteiger partial charge >= 0.3 is 0 Å². The van der Waals surface area contributed by atoms with Crippen LogP contribution >= 0.6 is 0 Å². The minimum atomic E-state index is 0.649. The van der Waals surface area contributed by atoms with Gasteiger partial charge in [-0.25, -0.2) is 0 Å². The fourth-order valence-corrected chi connectivity index (χ4v) is 1.75. The number of ether oxygens (including phenoxy) is 1. The smallest absolute Gasteiger partial charge is 0.152 e. The molecular weight excluding hydrogens is 190 g/mol. The molecular formula is C12H13NO2. The first kappa shape index (κ1) is 9.77. The van der Waals surface area contributed by atoms with Crippen molar-refractivity contribution in [3.05, 3.63) is 30.0 Å². The number of carbonyl (C=O) groups excluding carboxylic acids is 1. The van der Waals surface area contributed by atoms with Crippen LogP contribution in [0.2, 0.25) is 0 Å². The Kier molecular flexibility index (Phi) is 2.46. The van der Waals surface area contributed by atoms with Crippen LogP contribution in [0.25, 0.3) is 10.9 Å². The Morgan fingerprint density at radius 2 is 2.27 bits per heavy atom. The van der Waals surface area contributed by atoms with Gasteiger partial charge in [-0.2, -0.15) is 0 Å². The summed E-state index contributed by atoms with van der Waals surface area (Å²) in [5.74, 6) is 0.837. The maximum Gasteiger partial charge on any atom is 0.152 e. The second-order valence-electron chi connectivity index (χ2n) is 3.43. The van der Waals surface area contributed by atoms with Crippen LogP contribution in [-0.4, -0.2) is 17.5 Å². The molecule has 0 N–H and O–H groups in total. The molecule has 0 aliphatic rings. The summed E-state index contributed by atoms with van der Waals surface area (Å²) in [7, 11) is 1.92. The van der Waals surface area contributed by atoms with E-state index in [4.69, 9.17) is 4.74 Å². The van der Waals surface area contributed by atoms with Crippen molar-refractivity contribution in [2.24, 2.45) is 7.05 Å². The van der Waals surface area contributed by atoms with Gasteiger partial charge < -0.3 is 9.30 Å². The summed E-state index contributed by atoms with van der Waals surface area (Å²) < 4.78 is 7.34. The maximum absolute atomic E-state index is 10.8. The number of aryl methyl sites for hydroxylation is 1. The Morgan fingerprint density at radius 3 is 2.93 bits per heavy atom. The molecule has 78 valence electrons. The Bertz CT molecular complexity index is 500. The molecule has 0 bridgehead atoms. The first-order chi connectivity index (χ1) is 7.26. The fourth-order valence-electron chi connectivity index (χ4n) is 1.75. The lowest BCUT2D eigenvalue weighted by Gasteiger charge is -2.03. The molecule has 15 heavy (non-hydrogen) atoms. The van der Waals surface area contributed by atoms with E-state index in [9.17, 15) is 4.79 Å². The van der Waals surface area contributed by atoms with Crippen molar-refractivity contribution in [2.45, 2.75) is 6.92 Å². The predicted octanol–water partition coefficient (Wildman–Crippen LogP) is 2.39. The minimum Gasteiger partial charge on any atom is -0.494 e. The van der Waals surface area contributed by atoms with E-state index in [-0.39, 0.29) is 0 Å². The molecule has 2 rings (SSSR count). The summed E-state index contributed by atoms with van der Waals surface area (Å²) in [6.45, 7) is 2.60. The zero-order valence-corrected chi connectivity index (χ0v) is 8.86. The van der Waals surface area contributed by atoms with Gasteiger partial charge in [0.2, 0.25) is 0 Å². The third-order valence-electron chi connectivity index (χ3n) is 2.43. The van der Waals surface area contributed by atoms with Crippen molar-refractivity contribution in [1.82, 2.24) is 4.57 Å². The van der Waals surface area contributed by atoms with Crippen LogP contribution in [0.3, 0.4) is 0 Å². The van der Waals surface area contributed by atoms with Crippen LogP contribution in [0, 0.1) is 0 Å². The molecule has 0 radical (unpaired) electrons. The van der Waals surface area contributed by atoms with Crippen molar-refractivity contribution in [1.29, 1.82) is 0 Å². The summed E-state index contributed by atoms with van der Waals surface area (Å²) in [5, 5.41) is 0.968. The van der Waals surface area contributed by atoms with E-state index >= 15 is 0 Å². The largest absolute Gasteiger partial charge is 0.494 e. The monoisotopic (exact) mass is 203 g/mol. The molecule has 0 amide bonds. The second kappa shape index (κ2) is 3.77. The van der Waals surface area contributed by atoms with Crippen LogP contribution in [0.5, 0.6) is 5.75 Å². The molecule has 3 heteroatoms. The van der Waals surface area contributed by atoms with E-state index in [1.165, 1.54) is 0 Å². The molecule has 0 aliphatic heterocycles. The highest BCUT2D eigenvalue weighted by Crippen LogP contribution is 2.24. The molecule has 3 nitrogen and oxygen atoms in total. The second-order valence-corrected chi connectivity index (χ2v) is 3.43. The Morgan fingerprint density at radius 1 is 1.47 bits per heavy atom. The standard InChI is InChI=1S/C12H13NO2/c1-3-15-10-4-5-11-9(8-14)7-13(2)12(11)6-10/h4-8H,3H2,1-2H3. The van der Waals surface area contributed by atoms with E-state index in [1.54, 1.807) is 0 Å². The van der Waals surface area contributed by atoms with Gasteiger partial charge in [0.05, 0.1) is 12.1 Å². The van der Waals surface area contributed by atoms with Gasteiger partial charge in [-0.15, -0.1) is 0 Å². The van der Waals surface area contributed by atoms with Crippen molar-refractivity contribution in [2.75, 3.05) is 6.61 Å². The molecule has 0 atom stereocenters. The number of rotatable bonds is 3. The van der Waals surface area contributed by atoms with Gasteiger partial charge in [0.25, 0.3) is 0 Å². The fraction of sp³-hybridized carbons (Fsp3) is 0.250. The number of aldehydes is 1. The summed E-state index contributed by atoms with van der Waals surface area (Å²) in [4.78, 5) is 10.8. The lowest BCUT2D eigenvalue weighted by atomic mass is 10.2. The Hall–Kier alpha value is -1.77. The summed E-state index contributed by atoms with van der Waals surface area (Å²) in [5.41, 5.74) is 1.73. The minimum absolute atomic E-state index is 0.649. The van der Waals surface area contributed by atoms with Crippen LogP contribution in [0.1, 0.15) is 17.3 Å². The molecule has 0 unspecified atom stereocenters. The van der Waals surface area contributed by atoms with E-state index in [0.717, 1.165) is 28.5 Å². The molecule has 0 aliphatic carbocycles. The third kappa shape index (κ3) is 1.61. The van der Waals surface area contributed by atoms with Crippen molar-refractivity contribution >= 4 is 17.2 Å². The lowest BCUT2D eigenvalue weighted by molar-refractivity contribution is 0.112. The highest BCUT2D eigenvalue weighted by Gasteiger charge is 2.06. The van der Waals surface area contributed by atoms with Crippen molar-refractivity contribution in [3.63, 3.8) is 0 Å². The van der Waals surface area contributed by atoms with Gasteiger partial charge in [-0.1, -0.05) is 0 Å². The van der Waals surface area contributed by atoms with Crippen LogP contribution in [0.4, 0.5) is 0 Å². The SMILES string of the molecule is CCOc1ccc2c(C=O)cn(C)c2c1. The Labute approximate surface area is 88.3 Å². The number of benzene rings is 1. The maximum atomic E-state index is 10.8. The number of nitrogens with zero attached hydrogens (tertiary/aromatic N) is 1. The number of aromatic nitrogens is 1. The first-order valence-corrected chi connectivity index (χ1v) is 4.93. The molecule has 1 aromatic carbocycles. The predicted molar refractivity (Wildman–Crippen MR) is 59.5 cm³/mol. The van der Waals surface area contributed by atoms with E-state index < -0.39 is 0 Å². The summed E-state index contributed by atoms with van der Waals surface area (Å²) >= 11 is 0. The van der Waals surface area contributed by atoms with E-state index in [0.29, 0.717) is 6.61 Å². The summed E-state index contributed by atoms with van der Waals surface area (Å²) in [6, 6.07) is 5.76. The molecule has 0 saturated heterocycles. The number of hydrogen-bond donors (Lipinski definition) is 0. The molecule has 2 aromatic rings. The third-order valence-corrected chi connectivity index (χ3v) is 2.43. The average molecular weight is 203 g/mol. The van der Waals surface area contributed by atoms with Crippen molar-refractivity contribution < 1.29 is 9.53 Å². The zero-order chi connectivity index (χ0) is 10.8. The first-order valence-electron chi connectivity index (χ1n) is 4.93. The highest BCUT2D eigenvalue weighted by molar-refractivity contribution is 5.98. The molecule has 0 fully saturated rings. The highest BCUT2D eigenvalue weighted by atomic mass is 16.5. The van der Waals surface area contributed by atoms with Crippen LogP contribution in [-0.2, 0) is 7.05 Å². The van der Waals surface area contributed by atoms with E-state index in [1.807, 2.05) is 42.9 Å². The zero-order valence-electron chi connectivity index (χ0n) is 8.86. The number of fused-ring (bicyclic) bond motifs is 1. The van der Waals surface area contributed by atoms with Gasteiger partial charge in [-0.05, 0) is 19.1 Å². The normalized spacial score (nSPS) is 10.5.